The van der Waals surface area contributed by atoms with Crippen LogP contribution in [0.5, 0.6) is 0 Å². The minimum Gasteiger partial charge on any atom is -0.481 e. The van der Waals surface area contributed by atoms with Gasteiger partial charge in [-0.25, -0.2) is 4.79 Å². The highest BCUT2D eigenvalue weighted by Gasteiger charge is 2.27. The number of carbonyl (C=O) groups is 2. The number of nitrogens with one attached hydrogen (secondary N) is 2. The molecule has 5 nitrogen and oxygen atoms in total. The number of carboxylic acids is 1. The molecular weight excluding hydrogens is 256 g/mol. The lowest BCUT2D eigenvalue weighted by molar-refractivity contribution is -0.138. The number of hydrogen-bond acceptors (Lipinski definition) is 2. The van der Waals surface area contributed by atoms with Crippen molar-refractivity contribution in [2.24, 2.45) is 23.7 Å². The Kier molecular flexibility index (Phi) is 6.82. The van der Waals surface area contributed by atoms with Crippen LogP contribution in [0.1, 0.15) is 46.5 Å². The maximum Gasteiger partial charge on any atom is 0.314 e. The lowest BCUT2D eigenvalue weighted by Gasteiger charge is -2.18. The summed E-state index contributed by atoms with van der Waals surface area (Å²) in [5.41, 5.74) is 0. The highest BCUT2D eigenvalue weighted by molar-refractivity contribution is 5.74. The molecule has 0 aromatic carbocycles. The smallest absolute Gasteiger partial charge is 0.314 e. The molecule has 116 valence electrons. The van der Waals surface area contributed by atoms with Crippen molar-refractivity contribution in [3.8, 4) is 0 Å². The summed E-state index contributed by atoms with van der Waals surface area (Å²) in [7, 11) is 0. The predicted octanol–water partition coefficient (Wildman–Crippen LogP) is 2.47. The first-order valence-corrected chi connectivity index (χ1v) is 7.62. The molecule has 1 unspecified atom stereocenters. The monoisotopic (exact) mass is 284 g/mol. The molecule has 0 saturated heterocycles. The van der Waals surface area contributed by atoms with Gasteiger partial charge in [0.1, 0.15) is 0 Å². The Hall–Kier alpha value is -1.26. The Morgan fingerprint density at radius 2 is 1.75 bits per heavy atom. The summed E-state index contributed by atoms with van der Waals surface area (Å²) in [5.74, 6) is 0.931. The molecule has 0 aromatic rings. The second-order valence-electron chi connectivity index (χ2n) is 6.50. The summed E-state index contributed by atoms with van der Waals surface area (Å²) in [6, 6.07) is -0.184. The molecule has 1 aliphatic carbocycles. The Balaban J connectivity index is 2.22. The minimum absolute atomic E-state index is 0.000828. The van der Waals surface area contributed by atoms with Gasteiger partial charge in [-0.15, -0.1) is 0 Å². The normalized spacial score (nSPS) is 17.6. The van der Waals surface area contributed by atoms with Gasteiger partial charge < -0.3 is 15.7 Å². The first-order chi connectivity index (χ1) is 9.38. The fraction of sp³-hybridized carbons (Fsp3) is 0.867. The van der Waals surface area contributed by atoms with E-state index < -0.39 is 5.97 Å². The van der Waals surface area contributed by atoms with E-state index in [1.807, 2.05) is 0 Å². The number of aliphatic carboxylic acids is 1. The first kappa shape index (κ1) is 16.8. The van der Waals surface area contributed by atoms with Crippen molar-refractivity contribution in [1.82, 2.24) is 10.6 Å². The van der Waals surface area contributed by atoms with Crippen LogP contribution >= 0.6 is 0 Å². The van der Waals surface area contributed by atoms with Crippen molar-refractivity contribution in [1.29, 1.82) is 0 Å². The molecule has 1 rings (SSSR count). The summed E-state index contributed by atoms with van der Waals surface area (Å²) in [5, 5.41) is 14.5. The fourth-order valence-corrected chi connectivity index (χ4v) is 2.54. The number of carbonyl (C=O) groups excluding carboxylic acids is 1. The molecule has 1 fully saturated rings. The molecule has 3 N–H and O–H groups in total. The standard InChI is InChI=1S/C15H28N2O3/c1-10(2)6-12(7-14(18)19)9-17-15(20)16-8-11(3)13-4-5-13/h10-13H,4-9H2,1-3H3,(H,18,19)(H2,16,17,20)/t11?,12-/m0/s1. The highest BCUT2D eigenvalue weighted by atomic mass is 16.4. The summed E-state index contributed by atoms with van der Waals surface area (Å²) >= 11 is 0. The zero-order valence-corrected chi connectivity index (χ0v) is 12.8. The fourth-order valence-electron chi connectivity index (χ4n) is 2.54. The van der Waals surface area contributed by atoms with E-state index in [0.29, 0.717) is 24.9 Å². The largest absolute Gasteiger partial charge is 0.481 e. The van der Waals surface area contributed by atoms with Crippen molar-refractivity contribution < 1.29 is 14.7 Å². The third kappa shape index (κ3) is 7.36. The van der Waals surface area contributed by atoms with E-state index in [9.17, 15) is 9.59 Å². The van der Waals surface area contributed by atoms with Gasteiger partial charge in [-0.3, -0.25) is 4.79 Å². The molecule has 0 aromatic heterocycles. The quantitative estimate of drug-likeness (QED) is 0.608. The van der Waals surface area contributed by atoms with E-state index in [0.717, 1.165) is 12.3 Å². The van der Waals surface area contributed by atoms with E-state index in [2.05, 4.69) is 31.4 Å². The predicted molar refractivity (Wildman–Crippen MR) is 78.5 cm³/mol. The number of urea groups is 1. The zero-order valence-electron chi connectivity index (χ0n) is 12.8. The topological polar surface area (TPSA) is 78.4 Å². The maximum atomic E-state index is 11.7. The molecule has 1 aliphatic rings. The lowest BCUT2D eigenvalue weighted by atomic mass is 9.94. The minimum atomic E-state index is -0.805. The van der Waals surface area contributed by atoms with Gasteiger partial charge in [-0.1, -0.05) is 20.8 Å². The van der Waals surface area contributed by atoms with Gasteiger partial charge >= 0.3 is 12.0 Å². The number of rotatable bonds is 9. The first-order valence-electron chi connectivity index (χ1n) is 7.62. The van der Waals surface area contributed by atoms with E-state index in [1.165, 1.54) is 12.8 Å². The zero-order chi connectivity index (χ0) is 15.1. The third-order valence-corrected chi connectivity index (χ3v) is 3.83. The molecule has 0 radical (unpaired) electrons. The maximum absolute atomic E-state index is 11.7. The molecule has 0 heterocycles. The lowest BCUT2D eigenvalue weighted by Crippen LogP contribution is -2.40. The van der Waals surface area contributed by atoms with Crippen LogP contribution in [0.25, 0.3) is 0 Å². The van der Waals surface area contributed by atoms with E-state index in [4.69, 9.17) is 5.11 Å². The van der Waals surface area contributed by atoms with Crippen molar-refractivity contribution in [3.05, 3.63) is 0 Å². The SMILES string of the molecule is CC(C)C[C@H](CNC(=O)NCC(C)C1CC1)CC(=O)O. The van der Waals surface area contributed by atoms with Crippen molar-refractivity contribution in [3.63, 3.8) is 0 Å². The van der Waals surface area contributed by atoms with Gasteiger partial charge in [0.2, 0.25) is 0 Å². The molecule has 0 bridgehead atoms. The third-order valence-electron chi connectivity index (χ3n) is 3.83. The molecule has 0 aliphatic heterocycles. The highest BCUT2D eigenvalue weighted by Crippen LogP contribution is 2.35. The van der Waals surface area contributed by atoms with Crippen LogP contribution in [0.15, 0.2) is 0 Å². The second kappa shape index (κ2) is 8.12. The number of carboxylic acid groups (broad SMARTS) is 1. The van der Waals surface area contributed by atoms with Crippen LogP contribution in [0.3, 0.4) is 0 Å². The summed E-state index contributed by atoms with van der Waals surface area (Å²) in [6.45, 7) is 7.40. The van der Waals surface area contributed by atoms with Crippen LogP contribution in [0, 0.1) is 23.7 Å². The average Bonchev–Trinajstić information content (AvgIpc) is 3.15. The molecular formula is C15H28N2O3. The average molecular weight is 284 g/mol. The van der Waals surface area contributed by atoms with Crippen LogP contribution in [0.2, 0.25) is 0 Å². The summed E-state index contributed by atoms with van der Waals surface area (Å²) in [6.07, 6.45) is 3.47. The summed E-state index contributed by atoms with van der Waals surface area (Å²) in [4.78, 5) is 22.5. The van der Waals surface area contributed by atoms with Gasteiger partial charge in [-0.2, -0.15) is 0 Å². The van der Waals surface area contributed by atoms with Gasteiger partial charge in [-0.05, 0) is 42.9 Å². The Morgan fingerprint density at radius 1 is 1.15 bits per heavy atom. The van der Waals surface area contributed by atoms with E-state index in [1.54, 1.807) is 0 Å². The van der Waals surface area contributed by atoms with Gasteiger partial charge in [0.25, 0.3) is 0 Å². The molecule has 5 heteroatoms. The van der Waals surface area contributed by atoms with Crippen LogP contribution in [-0.4, -0.2) is 30.2 Å². The van der Waals surface area contributed by atoms with Crippen LogP contribution < -0.4 is 10.6 Å². The number of amides is 2. The molecule has 2 atom stereocenters. The Morgan fingerprint density at radius 3 is 2.25 bits per heavy atom. The van der Waals surface area contributed by atoms with Crippen molar-refractivity contribution in [2.45, 2.75) is 46.5 Å². The van der Waals surface area contributed by atoms with E-state index >= 15 is 0 Å². The van der Waals surface area contributed by atoms with Crippen molar-refractivity contribution in [2.75, 3.05) is 13.1 Å². The van der Waals surface area contributed by atoms with E-state index in [-0.39, 0.29) is 18.4 Å². The Labute approximate surface area is 121 Å². The molecule has 1 saturated carbocycles. The molecule has 0 spiro atoms. The number of hydrogen-bond donors (Lipinski definition) is 3. The Bertz CT molecular complexity index is 327. The van der Waals surface area contributed by atoms with Crippen LogP contribution in [-0.2, 0) is 4.79 Å². The van der Waals surface area contributed by atoms with Crippen molar-refractivity contribution >= 4 is 12.0 Å². The summed E-state index contributed by atoms with van der Waals surface area (Å²) < 4.78 is 0. The van der Waals surface area contributed by atoms with Gasteiger partial charge in [0, 0.05) is 19.5 Å². The van der Waals surface area contributed by atoms with Gasteiger partial charge in [0.05, 0.1) is 0 Å². The molecule has 2 amide bonds. The second-order valence-corrected chi connectivity index (χ2v) is 6.50. The molecule has 20 heavy (non-hydrogen) atoms. The van der Waals surface area contributed by atoms with Gasteiger partial charge in [0.15, 0.2) is 0 Å². The van der Waals surface area contributed by atoms with Crippen LogP contribution in [0.4, 0.5) is 4.79 Å².